The molecule has 2 rings (SSSR count). The Morgan fingerprint density at radius 3 is 2.76 bits per heavy atom. The number of amides is 1. The van der Waals surface area contributed by atoms with E-state index in [0.717, 1.165) is 9.90 Å². The lowest BCUT2D eigenvalue weighted by Crippen LogP contribution is -2.33. The van der Waals surface area contributed by atoms with Crippen molar-refractivity contribution in [2.24, 2.45) is 0 Å². The van der Waals surface area contributed by atoms with E-state index in [-0.39, 0.29) is 17.2 Å². The Labute approximate surface area is 141 Å². The summed E-state index contributed by atoms with van der Waals surface area (Å²) in [6.45, 7) is 3.72. The van der Waals surface area contributed by atoms with Crippen LogP contribution >= 0.6 is 46.3 Å². The zero-order valence-electron chi connectivity index (χ0n) is 11.3. The molecule has 4 nitrogen and oxygen atoms in total. The van der Waals surface area contributed by atoms with E-state index in [2.05, 4.69) is 15.5 Å². The molecule has 0 radical (unpaired) electrons. The smallest absolute Gasteiger partial charge is 0.233 e. The summed E-state index contributed by atoms with van der Waals surface area (Å²) in [5, 5.41) is 11.5. The number of benzene rings is 1. The van der Waals surface area contributed by atoms with Crippen molar-refractivity contribution in [3.8, 4) is 0 Å². The zero-order chi connectivity index (χ0) is 15.4. The molecular formula is C13H13Cl2N3OS2. The molecular weight excluding hydrogens is 349 g/mol. The van der Waals surface area contributed by atoms with Crippen LogP contribution in [0.25, 0.3) is 0 Å². The maximum atomic E-state index is 12.2. The van der Waals surface area contributed by atoms with Crippen LogP contribution in [0.3, 0.4) is 0 Å². The van der Waals surface area contributed by atoms with Crippen LogP contribution in [0.1, 0.15) is 25.5 Å². The van der Waals surface area contributed by atoms with E-state index in [1.807, 2.05) is 19.9 Å². The molecule has 0 bridgehead atoms. The molecule has 0 fully saturated rings. The van der Waals surface area contributed by atoms with Crippen molar-refractivity contribution >= 4 is 52.2 Å². The van der Waals surface area contributed by atoms with Crippen LogP contribution in [-0.4, -0.2) is 21.4 Å². The van der Waals surface area contributed by atoms with Crippen molar-refractivity contribution in [1.82, 2.24) is 15.5 Å². The maximum absolute atomic E-state index is 12.2. The summed E-state index contributed by atoms with van der Waals surface area (Å²) in [7, 11) is 0. The van der Waals surface area contributed by atoms with E-state index in [1.165, 1.54) is 23.1 Å². The van der Waals surface area contributed by atoms with E-state index in [0.29, 0.717) is 10.0 Å². The SMILES string of the molecule is C[C@@H](Sc1nncs1)C(=O)N[C@H](C)c1ccc(Cl)cc1Cl. The fraction of sp³-hybridized carbons (Fsp3) is 0.308. The number of hydrogen-bond acceptors (Lipinski definition) is 5. The summed E-state index contributed by atoms with van der Waals surface area (Å²) >= 11 is 14.8. The first-order chi connectivity index (χ1) is 9.97. The Hall–Kier alpha value is -0.820. The van der Waals surface area contributed by atoms with Gasteiger partial charge in [0, 0.05) is 10.0 Å². The van der Waals surface area contributed by atoms with E-state index < -0.39 is 0 Å². The molecule has 2 aromatic rings. The molecule has 1 heterocycles. The lowest BCUT2D eigenvalue weighted by atomic mass is 10.1. The molecule has 0 aliphatic carbocycles. The van der Waals surface area contributed by atoms with E-state index in [1.54, 1.807) is 17.6 Å². The van der Waals surface area contributed by atoms with Gasteiger partial charge in [0.15, 0.2) is 4.34 Å². The molecule has 0 unspecified atom stereocenters. The number of carbonyl (C=O) groups is 1. The predicted octanol–water partition coefficient (Wildman–Crippen LogP) is 4.20. The minimum Gasteiger partial charge on any atom is -0.349 e. The summed E-state index contributed by atoms with van der Waals surface area (Å²) < 4.78 is 0.773. The van der Waals surface area contributed by atoms with Gasteiger partial charge in [-0.3, -0.25) is 4.79 Å². The number of halogens is 2. The highest BCUT2D eigenvalue weighted by Crippen LogP contribution is 2.28. The Bertz CT molecular complexity index is 622. The van der Waals surface area contributed by atoms with Gasteiger partial charge >= 0.3 is 0 Å². The molecule has 8 heteroatoms. The normalized spacial score (nSPS) is 13.7. The quantitative estimate of drug-likeness (QED) is 0.810. The zero-order valence-corrected chi connectivity index (χ0v) is 14.5. The first-order valence-electron chi connectivity index (χ1n) is 6.15. The van der Waals surface area contributed by atoms with Gasteiger partial charge in [-0.25, -0.2) is 0 Å². The van der Waals surface area contributed by atoms with Crippen LogP contribution in [-0.2, 0) is 4.79 Å². The number of nitrogens with zero attached hydrogens (tertiary/aromatic N) is 2. The number of aromatic nitrogens is 2. The van der Waals surface area contributed by atoms with Crippen LogP contribution in [0.15, 0.2) is 28.0 Å². The molecule has 0 aliphatic heterocycles. The molecule has 0 saturated carbocycles. The van der Waals surface area contributed by atoms with Crippen molar-refractivity contribution in [2.75, 3.05) is 0 Å². The molecule has 1 amide bonds. The molecule has 1 aromatic heterocycles. The van der Waals surface area contributed by atoms with Gasteiger partial charge in [0.1, 0.15) is 5.51 Å². The van der Waals surface area contributed by atoms with E-state index in [4.69, 9.17) is 23.2 Å². The Morgan fingerprint density at radius 1 is 1.38 bits per heavy atom. The topological polar surface area (TPSA) is 54.9 Å². The van der Waals surface area contributed by atoms with Gasteiger partial charge in [-0.05, 0) is 31.5 Å². The first-order valence-corrected chi connectivity index (χ1v) is 8.67. The van der Waals surface area contributed by atoms with Crippen LogP contribution in [0.5, 0.6) is 0 Å². The second kappa shape index (κ2) is 7.45. The van der Waals surface area contributed by atoms with Crippen molar-refractivity contribution < 1.29 is 4.79 Å². The molecule has 0 aliphatic rings. The van der Waals surface area contributed by atoms with Crippen molar-refractivity contribution in [3.05, 3.63) is 39.3 Å². The average molecular weight is 362 g/mol. The molecule has 1 aromatic carbocycles. The predicted molar refractivity (Wildman–Crippen MR) is 88.2 cm³/mol. The van der Waals surface area contributed by atoms with Gasteiger partial charge in [-0.1, -0.05) is 52.4 Å². The van der Waals surface area contributed by atoms with E-state index >= 15 is 0 Å². The maximum Gasteiger partial charge on any atom is 0.233 e. The Kier molecular flexibility index (Phi) is 5.87. The third-order valence-corrected chi connectivity index (χ3v) is 5.25. The molecule has 0 spiro atoms. The van der Waals surface area contributed by atoms with Gasteiger partial charge in [0.05, 0.1) is 11.3 Å². The summed E-state index contributed by atoms with van der Waals surface area (Å²) in [6.07, 6.45) is 0. The monoisotopic (exact) mass is 361 g/mol. The van der Waals surface area contributed by atoms with Crippen LogP contribution in [0.2, 0.25) is 10.0 Å². The highest BCUT2D eigenvalue weighted by atomic mass is 35.5. The number of hydrogen-bond donors (Lipinski definition) is 1. The lowest BCUT2D eigenvalue weighted by molar-refractivity contribution is -0.120. The number of rotatable bonds is 5. The van der Waals surface area contributed by atoms with E-state index in [9.17, 15) is 4.79 Å². The molecule has 0 saturated heterocycles. The summed E-state index contributed by atoms with van der Waals surface area (Å²) in [6, 6.07) is 5.04. The molecule has 21 heavy (non-hydrogen) atoms. The van der Waals surface area contributed by atoms with Gasteiger partial charge in [-0.15, -0.1) is 10.2 Å². The second-order valence-electron chi connectivity index (χ2n) is 4.36. The average Bonchev–Trinajstić information content (AvgIpc) is 2.91. The summed E-state index contributed by atoms with van der Waals surface area (Å²) in [5.41, 5.74) is 2.48. The molecule has 1 N–H and O–H groups in total. The highest BCUT2D eigenvalue weighted by molar-refractivity contribution is 8.02. The summed E-state index contributed by atoms with van der Waals surface area (Å²) in [4.78, 5) is 12.2. The first kappa shape index (κ1) is 16.5. The number of thioether (sulfide) groups is 1. The fourth-order valence-corrected chi connectivity index (χ4v) is 3.89. The summed E-state index contributed by atoms with van der Waals surface area (Å²) in [5.74, 6) is -0.0753. The van der Waals surface area contributed by atoms with Crippen molar-refractivity contribution in [1.29, 1.82) is 0 Å². The molecule has 112 valence electrons. The number of nitrogens with one attached hydrogen (secondary N) is 1. The molecule has 2 atom stereocenters. The lowest BCUT2D eigenvalue weighted by Gasteiger charge is -2.18. The third-order valence-electron chi connectivity index (χ3n) is 2.77. The second-order valence-corrected chi connectivity index (χ2v) is 7.63. The van der Waals surface area contributed by atoms with Crippen LogP contribution in [0.4, 0.5) is 0 Å². The largest absolute Gasteiger partial charge is 0.349 e. The Morgan fingerprint density at radius 2 is 2.14 bits per heavy atom. The van der Waals surface area contributed by atoms with Crippen LogP contribution in [0, 0.1) is 0 Å². The van der Waals surface area contributed by atoms with Gasteiger partial charge in [-0.2, -0.15) is 0 Å². The van der Waals surface area contributed by atoms with Crippen molar-refractivity contribution in [2.45, 2.75) is 29.5 Å². The minimum atomic E-state index is -0.258. The van der Waals surface area contributed by atoms with Crippen LogP contribution < -0.4 is 5.32 Å². The number of carbonyl (C=O) groups excluding carboxylic acids is 1. The fourth-order valence-electron chi connectivity index (χ4n) is 1.68. The van der Waals surface area contributed by atoms with Crippen molar-refractivity contribution in [3.63, 3.8) is 0 Å². The highest BCUT2D eigenvalue weighted by Gasteiger charge is 2.19. The van der Waals surface area contributed by atoms with Gasteiger partial charge in [0.25, 0.3) is 0 Å². The van der Waals surface area contributed by atoms with Gasteiger partial charge < -0.3 is 5.32 Å². The Balaban J connectivity index is 1.98. The third kappa shape index (κ3) is 4.57. The minimum absolute atomic E-state index is 0.0753. The van der Waals surface area contributed by atoms with Gasteiger partial charge in [0.2, 0.25) is 5.91 Å². The standard InChI is InChI=1S/C13H13Cl2N3OS2/c1-7(10-4-3-9(14)5-11(10)15)17-12(19)8(2)21-13-18-16-6-20-13/h3-8H,1-2H3,(H,17,19)/t7-,8-/m1/s1.